The van der Waals surface area contributed by atoms with Gasteiger partial charge < -0.3 is 10.1 Å². The van der Waals surface area contributed by atoms with Gasteiger partial charge >= 0.3 is 0 Å². The van der Waals surface area contributed by atoms with Gasteiger partial charge in [0.2, 0.25) is 5.78 Å². The summed E-state index contributed by atoms with van der Waals surface area (Å²) in [7, 11) is 0. The first kappa shape index (κ1) is 11.4. The maximum Gasteiger partial charge on any atom is 0.292 e. The molecule has 1 saturated heterocycles. The maximum atomic E-state index is 11.9. The smallest absolute Gasteiger partial charge is 0.292 e. The Bertz CT molecular complexity index is 471. The third-order valence-corrected chi connectivity index (χ3v) is 3.82. The van der Waals surface area contributed by atoms with Crippen LogP contribution >= 0.6 is 0 Å². The SMILES string of the molecule is O=C(N[C@H]1C[C@H]2OCC[C@@H]12)C(=O)c1ccccc1. The predicted octanol–water partition coefficient (Wildman–Crippen LogP) is 1.16. The summed E-state index contributed by atoms with van der Waals surface area (Å²) in [5.74, 6) is -0.563. The van der Waals surface area contributed by atoms with Crippen molar-refractivity contribution < 1.29 is 14.3 Å². The fourth-order valence-corrected chi connectivity index (χ4v) is 2.72. The van der Waals surface area contributed by atoms with Crippen molar-refractivity contribution in [3.63, 3.8) is 0 Å². The zero-order chi connectivity index (χ0) is 12.5. The molecule has 0 aromatic heterocycles. The molecule has 0 spiro atoms. The van der Waals surface area contributed by atoms with Gasteiger partial charge in [-0.15, -0.1) is 0 Å². The number of carbonyl (C=O) groups is 2. The van der Waals surface area contributed by atoms with E-state index in [1.54, 1.807) is 24.3 Å². The molecule has 1 heterocycles. The number of ether oxygens (including phenoxy) is 1. The third-order valence-electron chi connectivity index (χ3n) is 3.82. The van der Waals surface area contributed by atoms with E-state index >= 15 is 0 Å². The number of rotatable bonds is 3. The highest BCUT2D eigenvalue weighted by Gasteiger charge is 2.46. The largest absolute Gasteiger partial charge is 0.378 e. The van der Waals surface area contributed by atoms with E-state index in [9.17, 15) is 9.59 Å². The van der Waals surface area contributed by atoms with E-state index in [2.05, 4.69) is 5.32 Å². The molecular weight excluding hydrogens is 230 g/mol. The molecule has 2 fully saturated rings. The Kier molecular flexibility index (Phi) is 2.88. The number of fused-ring (bicyclic) bond motifs is 1. The molecule has 1 amide bonds. The predicted molar refractivity (Wildman–Crippen MR) is 65.2 cm³/mol. The van der Waals surface area contributed by atoms with Crippen molar-refractivity contribution in [1.82, 2.24) is 5.32 Å². The maximum absolute atomic E-state index is 11.9. The fraction of sp³-hybridized carbons (Fsp3) is 0.429. The van der Waals surface area contributed by atoms with Gasteiger partial charge in [-0.1, -0.05) is 30.3 Å². The summed E-state index contributed by atoms with van der Waals surface area (Å²) >= 11 is 0. The van der Waals surface area contributed by atoms with E-state index in [4.69, 9.17) is 4.74 Å². The van der Waals surface area contributed by atoms with Crippen LogP contribution in [-0.4, -0.2) is 30.4 Å². The average Bonchev–Trinajstić information content (AvgIpc) is 2.77. The standard InChI is InChI=1S/C14H15NO3/c16-13(9-4-2-1-3-5-9)14(17)15-11-8-12-10(11)6-7-18-12/h1-5,10-12H,6-8H2,(H,15,17)/t10-,11-,12+/m0/s1. The molecule has 3 rings (SSSR count). The van der Waals surface area contributed by atoms with Crippen molar-refractivity contribution in [3.05, 3.63) is 35.9 Å². The van der Waals surface area contributed by atoms with Gasteiger partial charge in [-0.3, -0.25) is 9.59 Å². The Balaban J connectivity index is 1.60. The van der Waals surface area contributed by atoms with Gasteiger partial charge in [0.05, 0.1) is 6.10 Å². The number of amides is 1. The first-order chi connectivity index (χ1) is 8.75. The molecule has 94 valence electrons. The van der Waals surface area contributed by atoms with E-state index < -0.39 is 11.7 Å². The van der Waals surface area contributed by atoms with Crippen LogP contribution in [-0.2, 0) is 9.53 Å². The lowest BCUT2D eigenvalue weighted by molar-refractivity contribution is -0.119. The topological polar surface area (TPSA) is 55.4 Å². The molecule has 1 N–H and O–H groups in total. The first-order valence-electron chi connectivity index (χ1n) is 6.27. The monoisotopic (exact) mass is 245 g/mol. The lowest BCUT2D eigenvalue weighted by Crippen LogP contribution is -2.54. The van der Waals surface area contributed by atoms with E-state index in [-0.39, 0.29) is 6.04 Å². The summed E-state index contributed by atoms with van der Waals surface area (Å²) in [5.41, 5.74) is 0.438. The van der Waals surface area contributed by atoms with Crippen LogP contribution in [0.15, 0.2) is 30.3 Å². The molecule has 4 heteroatoms. The van der Waals surface area contributed by atoms with Gasteiger partial charge in [0.1, 0.15) is 0 Å². The number of ketones is 1. The summed E-state index contributed by atoms with van der Waals surface area (Å²) in [6, 6.07) is 8.75. The quantitative estimate of drug-likeness (QED) is 0.642. The molecule has 1 saturated carbocycles. The molecule has 1 aliphatic heterocycles. The second kappa shape index (κ2) is 4.53. The van der Waals surface area contributed by atoms with Crippen LogP contribution in [0, 0.1) is 5.92 Å². The minimum Gasteiger partial charge on any atom is -0.378 e. The summed E-state index contributed by atoms with van der Waals surface area (Å²) in [4.78, 5) is 23.7. The van der Waals surface area contributed by atoms with Crippen LogP contribution in [0.5, 0.6) is 0 Å². The highest BCUT2D eigenvalue weighted by Crippen LogP contribution is 2.38. The van der Waals surface area contributed by atoms with Gasteiger partial charge in [0, 0.05) is 24.1 Å². The molecule has 0 bridgehead atoms. The van der Waals surface area contributed by atoms with E-state index in [1.807, 2.05) is 6.07 Å². The van der Waals surface area contributed by atoms with Crippen molar-refractivity contribution in [2.24, 2.45) is 5.92 Å². The fourth-order valence-electron chi connectivity index (χ4n) is 2.72. The van der Waals surface area contributed by atoms with Crippen LogP contribution in [0.4, 0.5) is 0 Å². The second-order valence-corrected chi connectivity index (χ2v) is 4.87. The molecule has 1 aliphatic carbocycles. The Morgan fingerprint density at radius 2 is 2.00 bits per heavy atom. The lowest BCUT2D eigenvalue weighted by Gasteiger charge is -2.39. The van der Waals surface area contributed by atoms with Crippen molar-refractivity contribution >= 4 is 11.7 Å². The Morgan fingerprint density at radius 1 is 1.22 bits per heavy atom. The van der Waals surface area contributed by atoms with Crippen LogP contribution in [0.3, 0.4) is 0 Å². The Labute approximate surface area is 105 Å². The highest BCUT2D eigenvalue weighted by atomic mass is 16.5. The van der Waals surface area contributed by atoms with Crippen LogP contribution in [0.25, 0.3) is 0 Å². The number of carbonyl (C=O) groups excluding carboxylic acids is 2. The summed E-state index contributed by atoms with van der Waals surface area (Å²) < 4.78 is 5.47. The summed E-state index contributed by atoms with van der Waals surface area (Å²) in [6.45, 7) is 0.772. The molecular formula is C14H15NO3. The highest BCUT2D eigenvalue weighted by molar-refractivity contribution is 6.42. The number of benzene rings is 1. The molecule has 0 unspecified atom stereocenters. The number of Topliss-reactive ketones (excluding diaryl/α,β-unsaturated/α-hetero) is 1. The second-order valence-electron chi connectivity index (χ2n) is 4.87. The van der Waals surface area contributed by atoms with Crippen molar-refractivity contribution in [3.8, 4) is 0 Å². The van der Waals surface area contributed by atoms with Crippen molar-refractivity contribution in [2.75, 3.05) is 6.61 Å². The van der Waals surface area contributed by atoms with Crippen molar-refractivity contribution in [2.45, 2.75) is 25.0 Å². The normalized spacial score (nSPS) is 29.2. The van der Waals surface area contributed by atoms with E-state index in [1.165, 1.54) is 0 Å². The summed E-state index contributed by atoms with van der Waals surface area (Å²) in [6.07, 6.45) is 2.11. The molecule has 4 nitrogen and oxygen atoms in total. The number of nitrogens with one attached hydrogen (secondary N) is 1. The zero-order valence-electron chi connectivity index (χ0n) is 9.96. The Hall–Kier alpha value is -1.68. The van der Waals surface area contributed by atoms with Crippen LogP contribution in [0.2, 0.25) is 0 Å². The van der Waals surface area contributed by atoms with Crippen LogP contribution in [0.1, 0.15) is 23.2 Å². The molecule has 1 aromatic carbocycles. The molecule has 18 heavy (non-hydrogen) atoms. The zero-order valence-corrected chi connectivity index (χ0v) is 9.96. The first-order valence-corrected chi connectivity index (χ1v) is 6.27. The molecule has 2 aliphatic rings. The van der Waals surface area contributed by atoms with E-state index in [0.717, 1.165) is 19.4 Å². The number of hydrogen-bond donors (Lipinski definition) is 1. The minimum absolute atomic E-state index is 0.109. The molecule has 3 atom stereocenters. The average molecular weight is 245 g/mol. The van der Waals surface area contributed by atoms with Gasteiger partial charge in [0.25, 0.3) is 5.91 Å². The lowest BCUT2D eigenvalue weighted by atomic mass is 9.76. The third kappa shape index (κ3) is 1.93. The van der Waals surface area contributed by atoms with Crippen molar-refractivity contribution in [1.29, 1.82) is 0 Å². The minimum atomic E-state index is -0.503. The van der Waals surface area contributed by atoms with Gasteiger partial charge in [-0.25, -0.2) is 0 Å². The van der Waals surface area contributed by atoms with Gasteiger partial charge in [-0.2, -0.15) is 0 Å². The summed E-state index contributed by atoms with van der Waals surface area (Å²) in [5, 5.41) is 2.82. The number of hydrogen-bond acceptors (Lipinski definition) is 3. The molecule has 0 radical (unpaired) electrons. The Morgan fingerprint density at radius 3 is 2.72 bits per heavy atom. The molecule has 1 aromatic rings. The van der Waals surface area contributed by atoms with E-state index in [0.29, 0.717) is 17.6 Å². The van der Waals surface area contributed by atoms with Gasteiger partial charge in [0.15, 0.2) is 0 Å². The van der Waals surface area contributed by atoms with Crippen LogP contribution < -0.4 is 5.32 Å². The van der Waals surface area contributed by atoms with Gasteiger partial charge in [-0.05, 0) is 12.8 Å².